The molecule has 3 rings (SSSR count). The molecule has 0 radical (unpaired) electrons. The molecule has 0 aliphatic heterocycles. The van der Waals surface area contributed by atoms with Crippen molar-refractivity contribution in [1.29, 1.82) is 5.26 Å². The minimum absolute atomic E-state index is 0.0764. The average molecular weight is 456 g/mol. The summed E-state index contributed by atoms with van der Waals surface area (Å²) in [5.74, 6) is 0.190. The van der Waals surface area contributed by atoms with E-state index in [1.165, 1.54) is 13.2 Å². The van der Waals surface area contributed by atoms with Crippen LogP contribution in [0, 0.1) is 25.2 Å². The number of nitrogens with one attached hydrogen (secondary N) is 2. The number of ether oxygens (including phenoxy) is 2. The molecular formula is C27H25N3O4. The summed E-state index contributed by atoms with van der Waals surface area (Å²) < 4.78 is 10.7. The smallest absolute Gasteiger partial charge is 0.266 e. The second-order valence-electron chi connectivity index (χ2n) is 7.56. The first-order valence-corrected chi connectivity index (χ1v) is 10.5. The second-order valence-corrected chi connectivity index (χ2v) is 7.56. The summed E-state index contributed by atoms with van der Waals surface area (Å²) in [5.41, 5.74) is 3.96. The highest BCUT2D eigenvalue weighted by Gasteiger charge is 2.11. The Morgan fingerprint density at radius 3 is 2.38 bits per heavy atom. The molecular weight excluding hydrogens is 430 g/mol. The molecule has 0 atom stereocenters. The van der Waals surface area contributed by atoms with Crippen LogP contribution in [0.1, 0.15) is 16.7 Å². The predicted molar refractivity (Wildman–Crippen MR) is 132 cm³/mol. The Kier molecular flexibility index (Phi) is 8.03. The van der Waals surface area contributed by atoms with Gasteiger partial charge in [-0.05, 0) is 73.0 Å². The molecule has 0 aliphatic rings. The molecule has 0 heterocycles. The number of aryl methyl sites for hydroxylation is 2. The summed E-state index contributed by atoms with van der Waals surface area (Å²) >= 11 is 0. The quantitative estimate of drug-likeness (QED) is 0.373. The summed E-state index contributed by atoms with van der Waals surface area (Å²) in [6.07, 6.45) is 1.46. The highest BCUT2D eigenvalue weighted by molar-refractivity contribution is 6.09. The number of benzene rings is 3. The molecule has 0 fully saturated rings. The van der Waals surface area contributed by atoms with Crippen LogP contribution in [-0.4, -0.2) is 25.5 Å². The van der Waals surface area contributed by atoms with Gasteiger partial charge in [0.25, 0.3) is 11.8 Å². The van der Waals surface area contributed by atoms with Crippen LogP contribution in [0.2, 0.25) is 0 Å². The summed E-state index contributed by atoms with van der Waals surface area (Å²) in [4.78, 5) is 24.8. The minimum Gasteiger partial charge on any atom is -0.497 e. The maximum Gasteiger partial charge on any atom is 0.266 e. The van der Waals surface area contributed by atoms with Crippen molar-refractivity contribution in [2.24, 2.45) is 0 Å². The van der Waals surface area contributed by atoms with E-state index in [0.717, 1.165) is 11.1 Å². The lowest BCUT2D eigenvalue weighted by molar-refractivity contribution is -0.118. The topological polar surface area (TPSA) is 100 Å². The van der Waals surface area contributed by atoms with Crippen molar-refractivity contribution in [2.45, 2.75) is 13.8 Å². The Morgan fingerprint density at radius 2 is 1.65 bits per heavy atom. The predicted octanol–water partition coefficient (Wildman–Crippen LogP) is 4.88. The summed E-state index contributed by atoms with van der Waals surface area (Å²) in [7, 11) is 1.53. The van der Waals surface area contributed by atoms with E-state index < -0.39 is 5.91 Å². The van der Waals surface area contributed by atoms with Crippen molar-refractivity contribution in [2.75, 3.05) is 24.4 Å². The summed E-state index contributed by atoms with van der Waals surface area (Å²) in [6.45, 7) is 3.81. The van der Waals surface area contributed by atoms with Gasteiger partial charge in [0.2, 0.25) is 0 Å². The molecule has 0 aromatic heterocycles. The Balaban J connectivity index is 1.63. The van der Waals surface area contributed by atoms with Crippen LogP contribution in [0.25, 0.3) is 6.08 Å². The first kappa shape index (κ1) is 24.1. The second kappa shape index (κ2) is 11.3. The van der Waals surface area contributed by atoms with Crippen LogP contribution in [0.5, 0.6) is 11.5 Å². The van der Waals surface area contributed by atoms with Crippen molar-refractivity contribution >= 4 is 29.3 Å². The van der Waals surface area contributed by atoms with Gasteiger partial charge in [-0.2, -0.15) is 5.26 Å². The maximum atomic E-state index is 12.5. The number of carbonyl (C=O) groups is 2. The number of anilines is 2. The first-order valence-electron chi connectivity index (χ1n) is 10.5. The lowest BCUT2D eigenvalue weighted by Crippen LogP contribution is -2.20. The Labute approximate surface area is 198 Å². The lowest BCUT2D eigenvalue weighted by atomic mass is 10.1. The van der Waals surface area contributed by atoms with E-state index in [1.807, 2.05) is 38.1 Å². The summed E-state index contributed by atoms with van der Waals surface area (Å²) in [5, 5.41) is 15.0. The van der Waals surface area contributed by atoms with Crippen LogP contribution in [0.3, 0.4) is 0 Å². The van der Waals surface area contributed by atoms with Crippen LogP contribution in [0.4, 0.5) is 11.4 Å². The van der Waals surface area contributed by atoms with Gasteiger partial charge < -0.3 is 20.1 Å². The van der Waals surface area contributed by atoms with Crippen molar-refractivity contribution in [3.05, 3.63) is 89.0 Å². The van der Waals surface area contributed by atoms with E-state index >= 15 is 0 Å². The van der Waals surface area contributed by atoms with Crippen molar-refractivity contribution < 1.29 is 19.1 Å². The van der Waals surface area contributed by atoms with Crippen molar-refractivity contribution in [1.82, 2.24) is 0 Å². The standard InChI is InChI=1S/C27H25N3O4/c1-18-10-11-23(12-19(18)2)29-26(31)17-34-25-9-4-6-20(14-25)13-21(16-28)27(32)30-22-7-5-8-24(15-22)33-3/h4-15H,17H2,1-3H3,(H,29,31)(H,30,32)/b21-13-. The van der Waals surface area contributed by atoms with Crippen LogP contribution >= 0.6 is 0 Å². The molecule has 7 nitrogen and oxygen atoms in total. The van der Waals surface area contributed by atoms with Crippen LogP contribution in [-0.2, 0) is 9.59 Å². The molecule has 2 amide bonds. The highest BCUT2D eigenvalue weighted by Crippen LogP contribution is 2.20. The molecule has 2 N–H and O–H groups in total. The number of hydrogen-bond donors (Lipinski definition) is 2. The minimum atomic E-state index is -0.546. The third-order valence-corrected chi connectivity index (χ3v) is 5.02. The maximum absolute atomic E-state index is 12.5. The van der Waals surface area contributed by atoms with Gasteiger partial charge in [0.05, 0.1) is 7.11 Å². The molecule has 0 aliphatic carbocycles. The SMILES string of the molecule is COc1cccc(NC(=O)/C(C#N)=C\c2cccc(OCC(=O)Nc3ccc(C)c(C)c3)c2)c1. The highest BCUT2D eigenvalue weighted by atomic mass is 16.5. The molecule has 0 spiro atoms. The number of rotatable bonds is 8. The fourth-order valence-electron chi connectivity index (χ4n) is 3.07. The molecule has 7 heteroatoms. The Morgan fingerprint density at radius 1 is 0.912 bits per heavy atom. The van der Waals surface area contributed by atoms with E-state index in [4.69, 9.17) is 9.47 Å². The van der Waals surface area contributed by atoms with Gasteiger partial charge >= 0.3 is 0 Å². The fourth-order valence-corrected chi connectivity index (χ4v) is 3.07. The fraction of sp³-hybridized carbons (Fsp3) is 0.148. The van der Waals surface area contributed by atoms with E-state index in [1.54, 1.807) is 48.5 Å². The lowest BCUT2D eigenvalue weighted by Gasteiger charge is -2.10. The monoisotopic (exact) mass is 455 g/mol. The van der Waals surface area contributed by atoms with E-state index in [9.17, 15) is 14.9 Å². The number of nitriles is 1. The zero-order chi connectivity index (χ0) is 24.5. The molecule has 34 heavy (non-hydrogen) atoms. The van der Waals surface area contributed by atoms with Crippen LogP contribution in [0.15, 0.2) is 72.3 Å². The summed E-state index contributed by atoms with van der Waals surface area (Å²) in [6, 6.07) is 21.3. The van der Waals surface area contributed by atoms with Crippen molar-refractivity contribution in [3.63, 3.8) is 0 Å². The number of nitrogens with zero attached hydrogens (tertiary/aromatic N) is 1. The number of amides is 2. The van der Waals surface area contributed by atoms with Gasteiger partial charge in [-0.1, -0.05) is 24.3 Å². The van der Waals surface area contributed by atoms with Gasteiger partial charge in [0.15, 0.2) is 6.61 Å². The van der Waals surface area contributed by atoms with Gasteiger partial charge in [-0.15, -0.1) is 0 Å². The molecule has 3 aromatic rings. The largest absolute Gasteiger partial charge is 0.497 e. The molecule has 172 valence electrons. The Bertz CT molecular complexity index is 1270. The number of hydrogen-bond acceptors (Lipinski definition) is 5. The van der Waals surface area contributed by atoms with Gasteiger partial charge in [0, 0.05) is 17.4 Å². The number of carbonyl (C=O) groups excluding carboxylic acids is 2. The van der Waals surface area contributed by atoms with Crippen LogP contribution < -0.4 is 20.1 Å². The molecule has 0 saturated carbocycles. The zero-order valence-electron chi connectivity index (χ0n) is 19.2. The zero-order valence-corrected chi connectivity index (χ0v) is 19.2. The normalized spacial score (nSPS) is 10.7. The Hall–Kier alpha value is -4.57. The van der Waals surface area contributed by atoms with E-state index in [-0.39, 0.29) is 18.1 Å². The number of methoxy groups -OCH3 is 1. The third kappa shape index (κ3) is 6.71. The third-order valence-electron chi connectivity index (χ3n) is 5.02. The van der Waals surface area contributed by atoms with Gasteiger partial charge in [0.1, 0.15) is 23.1 Å². The van der Waals surface area contributed by atoms with Crippen molar-refractivity contribution in [3.8, 4) is 17.6 Å². The molecule has 0 saturated heterocycles. The first-order chi connectivity index (χ1) is 16.4. The molecule has 0 unspecified atom stereocenters. The van der Waals surface area contributed by atoms with Gasteiger partial charge in [-0.3, -0.25) is 9.59 Å². The molecule has 3 aromatic carbocycles. The van der Waals surface area contributed by atoms with Gasteiger partial charge in [-0.25, -0.2) is 0 Å². The average Bonchev–Trinajstić information content (AvgIpc) is 2.84. The van der Waals surface area contributed by atoms with E-state index in [2.05, 4.69) is 10.6 Å². The van der Waals surface area contributed by atoms with E-state index in [0.29, 0.717) is 28.4 Å². The molecule has 0 bridgehead atoms.